The molecule has 0 radical (unpaired) electrons. The Morgan fingerprint density at radius 3 is 2.47 bits per heavy atom. The van der Waals surface area contributed by atoms with Gasteiger partial charge in [0, 0.05) is 17.8 Å². The van der Waals surface area contributed by atoms with Crippen molar-refractivity contribution < 1.29 is 28.1 Å². The van der Waals surface area contributed by atoms with Crippen LogP contribution in [0.15, 0.2) is 18.3 Å². The number of hydrogen-bond donors (Lipinski definition) is 3. The fourth-order valence-corrected chi connectivity index (χ4v) is 1.36. The Kier molecular flexibility index (Phi) is 5.52. The van der Waals surface area contributed by atoms with Crippen molar-refractivity contribution >= 4 is 0 Å². The highest BCUT2D eigenvalue weighted by molar-refractivity contribution is 5.20. The molecule has 0 saturated carbocycles. The van der Waals surface area contributed by atoms with Gasteiger partial charge in [-0.25, -0.2) is 4.98 Å². The molecule has 0 aromatic carbocycles. The number of aromatic nitrogens is 1. The van der Waals surface area contributed by atoms with Crippen LogP contribution < -0.4 is 10.5 Å². The van der Waals surface area contributed by atoms with E-state index in [-0.39, 0.29) is 24.4 Å². The Labute approximate surface area is 107 Å². The minimum atomic E-state index is -4.43. The number of rotatable bonds is 6. The Hall–Kier alpha value is -1.38. The molecule has 0 bridgehead atoms. The third-order valence-electron chi connectivity index (χ3n) is 2.31. The Morgan fingerprint density at radius 1 is 1.32 bits per heavy atom. The average Bonchev–Trinajstić information content (AvgIpc) is 2.35. The maximum atomic E-state index is 11.9. The van der Waals surface area contributed by atoms with Crippen molar-refractivity contribution in [3.8, 4) is 5.88 Å². The second kappa shape index (κ2) is 6.69. The van der Waals surface area contributed by atoms with Crippen LogP contribution in [0.3, 0.4) is 0 Å². The second-order valence-corrected chi connectivity index (χ2v) is 3.92. The third-order valence-corrected chi connectivity index (χ3v) is 2.31. The standard InChI is InChI=1S/C11H15F3N2O3/c12-11(13,14)6-19-9-2-1-7(5-16-9)10(18)8(17)3-4-15/h1-2,5,8,10,17-18H,3-4,6,15H2. The van der Waals surface area contributed by atoms with E-state index >= 15 is 0 Å². The number of aliphatic hydroxyl groups excluding tert-OH is 2. The highest BCUT2D eigenvalue weighted by Crippen LogP contribution is 2.21. The normalized spacial score (nSPS) is 15.1. The number of pyridine rings is 1. The second-order valence-electron chi connectivity index (χ2n) is 3.92. The highest BCUT2D eigenvalue weighted by Gasteiger charge is 2.28. The van der Waals surface area contributed by atoms with E-state index in [1.165, 1.54) is 12.1 Å². The van der Waals surface area contributed by atoms with Gasteiger partial charge in [0.25, 0.3) is 0 Å². The first kappa shape index (κ1) is 15.7. The van der Waals surface area contributed by atoms with Gasteiger partial charge in [-0.15, -0.1) is 0 Å². The first-order valence-electron chi connectivity index (χ1n) is 5.55. The Balaban J connectivity index is 2.60. The molecule has 108 valence electrons. The topological polar surface area (TPSA) is 88.6 Å². The van der Waals surface area contributed by atoms with Gasteiger partial charge in [0.1, 0.15) is 6.10 Å². The van der Waals surface area contributed by atoms with Crippen LogP contribution in [0.4, 0.5) is 13.2 Å². The van der Waals surface area contributed by atoms with Crippen LogP contribution in [0.2, 0.25) is 0 Å². The summed E-state index contributed by atoms with van der Waals surface area (Å²) in [5, 5.41) is 19.2. The minimum Gasteiger partial charge on any atom is -0.468 e. The van der Waals surface area contributed by atoms with Crippen molar-refractivity contribution in [1.82, 2.24) is 4.98 Å². The van der Waals surface area contributed by atoms with Gasteiger partial charge >= 0.3 is 6.18 Å². The van der Waals surface area contributed by atoms with E-state index in [1.807, 2.05) is 0 Å². The third kappa shape index (κ3) is 5.41. The zero-order valence-electron chi connectivity index (χ0n) is 9.97. The van der Waals surface area contributed by atoms with Crippen LogP contribution in [0.1, 0.15) is 18.1 Å². The van der Waals surface area contributed by atoms with Crippen LogP contribution in [-0.2, 0) is 0 Å². The van der Waals surface area contributed by atoms with Crippen molar-refractivity contribution in [3.63, 3.8) is 0 Å². The predicted molar refractivity (Wildman–Crippen MR) is 60.4 cm³/mol. The molecular weight excluding hydrogens is 265 g/mol. The van der Waals surface area contributed by atoms with E-state index in [1.54, 1.807) is 0 Å². The number of nitrogens with zero attached hydrogens (tertiary/aromatic N) is 1. The summed E-state index contributed by atoms with van der Waals surface area (Å²) in [6.07, 6.45) is -5.32. The van der Waals surface area contributed by atoms with Gasteiger partial charge in [-0.1, -0.05) is 0 Å². The van der Waals surface area contributed by atoms with Crippen molar-refractivity contribution in [1.29, 1.82) is 0 Å². The van der Waals surface area contributed by atoms with E-state index in [2.05, 4.69) is 9.72 Å². The molecule has 5 nitrogen and oxygen atoms in total. The SMILES string of the molecule is NCCC(O)C(O)c1ccc(OCC(F)(F)F)nc1. The molecule has 0 spiro atoms. The molecule has 2 unspecified atom stereocenters. The van der Waals surface area contributed by atoms with Gasteiger partial charge in [0.15, 0.2) is 6.61 Å². The zero-order valence-corrected chi connectivity index (χ0v) is 9.97. The molecular formula is C11H15F3N2O3. The lowest BCUT2D eigenvalue weighted by Gasteiger charge is -2.17. The number of alkyl halides is 3. The van der Waals surface area contributed by atoms with Crippen molar-refractivity contribution in [2.75, 3.05) is 13.2 Å². The van der Waals surface area contributed by atoms with E-state index in [0.717, 1.165) is 6.20 Å². The fourth-order valence-electron chi connectivity index (χ4n) is 1.36. The number of nitrogens with two attached hydrogens (primary N) is 1. The Morgan fingerprint density at radius 2 is 2.00 bits per heavy atom. The lowest BCUT2D eigenvalue weighted by atomic mass is 10.0. The fraction of sp³-hybridized carbons (Fsp3) is 0.545. The maximum absolute atomic E-state index is 11.9. The van der Waals surface area contributed by atoms with Crippen LogP contribution in [0.5, 0.6) is 5.88 Å². The van der Waals surface area contributed by atoms with Crippen LogP contribution >= 0.6 is 0 Å². The van der Waals surface area contributed by atoms with E-state index in [0.29, 0.717) is 0 Å². The summed E-state index contributed by atoms with van der Waals surface area (Å²) < 4.78 is 40.1. The first-order valence-corrected chi connectivity index (χ1v) is 5.55. The van der Waals surface area contributed by atoms with E-state index in [4.69, 9.17) is 5.73 Å². The number of hydrogen-bond acceptors (Lipinski definition) is 5. The summed E-state index contributed by atoms with van der Waals surface area (Å²) >= 11 is 0. The molecule has 0 aliphatic carbocycles. The summed E-state index contributed by atoms with van der Waals surface area (Å²) in [5.41, 5.74) is 5.51. The first-order chi connectivity index (χ1) is 8.83. The quantitative estimate of drug-likeness (QED) is 0.716. The summed E-state index contributed by atoms with van der Waals surface area (Å²) in [6, 6.07) is 2.53. The van der Waals surface area contributed by atoms with Gasteiger partial charge in [0.05, 0.1) is 6.10 Å². The molecule has 0 fully saturated rings. The molecule has 0 aliphatic rings. The van der Waals surface area contributed by atoms with Crippen LogP contribution in [0.25, 0.3) is 0 Å². The molecule has 0 saturated heterocycles. The molecule has 2 atom stereocenters. The summed E-state index contributed by atoms with van der Waals surface area (Å²) in [5.74, 6) is -0.207. The number of ether oxygens (including phenoxy) is 1. The van der Waals surface area contributed by atoms with Crippen molar-refractivity contribution in [2.24, 2.45) is 5.73 Å². The van der Waals surface area contributed by atoms with Crippen LogP contribution in [0, 0.1) is 0 Å². The molecule has 19 heavy (non-hydrogen) atoms. The molecule has 1 aromatic rings. The van der Waals surface area contributed by atoms with Gasteiger partial charge < -0.3 is 20.7 Å². The van der Waals surface area contributed by atoms with Gasteiger partial charge in [-0.05, 0) is 19.0 Å². The van der Waals surface area contributed by atoms with Gasteiger partial charge in [0.2, 0.25) is 5.88 Å². The molecule has 1 heterocycles. The number of halogens is 3. The minimum absolute atomic E-state index is 0.202. The lowest BCUT2D eigenvalue weighted by molar-refractivity contribution is -0.154. The summed E-state index contributed by atoms with van der Waals surface area (Å²) in [6.45, 7) is -1.23. The molecule has 1 rings (SSSR count). The smallest absolute Gasteiger partial charge is 0.422 e. The summed E-state index contributed by atoms with van der Waals surface area (Å²) in [4.78, 5) is 3.62. The van der Waals surface area contributed by atoms with E-state index < -0.39 is 25.0 Å². The Bertz CT molecular complexity index is 384. The van der Waals surface area contributed by atoms with E-state index in [9.17, 15) is 23.4 Å². The predicted octanol–water partition coefficient (Wildman–Crippen LogP) is 0.766. The molecule has 0 amide bonds. The molecule has 4 N–H and O–H groups in total. The van der Waals surface area contributed by atoms with Crippen molar-refractivity contribution in [3.05, 3.63) is 23.9 Å². The largest absolute Gasteiger partial charge is 0.468 e. The maximum Gasteiger partial charge on any atom is 0.422 e. The van der Waals surface area contributed by atoms with Gasteiger partial charge in [-0.2, -0.15) is 13.2 Å². The van der Waals surface area contributed by atoms with Crippen LogP contribution in [-0.4, -0.2) is 40.6 Å². The van der Waals surface area contributed by atoms with Crippen molar-refractivity contribution in [2.45, 2.75) is 24.8 Å². The van der Waals surface area contributed by atoms with Gasteiger partial charge in [-0.3, -0.25) is 0 Å². The average molecular weight is 280 g/mol. The lowest BCUT2D eigenvalue weighted by Crippen LogP contribution is -2.22. The summed E-state index contributed by atoms with van der Waals surface area (Å²) in [7, 11) is 0. The zero-order chi connectivity index (χ0) is 14.5. The highest BCUT2D eigenvalue weighted by atomic mass is 19.4. The molecule has 1 aromatic heterocycles. The molecule has 8 heteroatoms. The molecule has 0 aliphatic heterocycles. The monoisotopic (exact) mass is 280 g/mol. The number of aliphatic hydroxyl groups is 2.